The molecule has 6 heteroatoms. The number of hydrogen-bond donors (Lipinski definition) is 1. The molecule has 98 valence electrons. The van der Waals surface area contributed by atoms with Gasteiger partial charge in [-0.25, -0.2) is 9.18 Å². The first-order valence-electron chi connectivity index (χ1n) is 5.13. The zero-order valence-corrected chi connectivity index (χ0v) is 11.7. The van der Waals surface area contributed by atoms with Crippen LogP contribution in [0.25, 0.3) is 0 Å². The standard InChI is InChI=1S/C13H7Cl2FO2S/c14-9-5-4-7(6-10(9)15)19-12-8(13(17)18)2-1-3-11(12)16/h1-6H,(H,17,18). The van der Waals surface area contributed by atoms with Crippen molar-refractivity contribution in [2.75, 3.05) is 0 Å². The van der Waals surface area contributed by atoms with Crippen molar-refractivity contribution in [1.82, 2.24) is 0 Å². The van der Waals surface area contributed by atoms with E-state index < -0.39 is 11.8 Å². The number of carboxylic acid groups (broad SMARTS) is 1. The summed E-state index contributed by atoms with van der Waals surface area (Å²) in [5.41, 5.74) is -0.0870. The molecule has 0 unspecified atom stereocenters. The van der Waals surface area contributed by atoms with Crippen molar-refractivity contribution in [1.29, 1.82) is 0 Å². The lowest BCUT2D eigenvalue weighted by Crippen LogP contribution is -2.00. The Balaban J connectivity index is 2.42. The molecule has 0 heterocycles. The number of carbonyl (C=O) groups is 1. The number of benzene rings is 2. The maximum atomic E-state index is 13.7. The zero-order chi connectivity index (χ0) is 14.0. The van der Waals surface area contributed by atoms with Crippen LogP contribution in [0.1, 0.15) is 10.4 Å². The maximum absolute atomic E-state index is 13.7. The minimum Gasteiger partial charge on any atom is -0.478 e. The summed E-state index contributed by atoms with van der Waals surface area (Å²) >= 11 is 12.6. The number of hydrogen-bond acceptors (Lipinski definition) is 2. The molecule has 0 amide bonds. The molecule has 0 fully saturated rings. The molecule has 0 aliphatic carbocycles. The quantitative estimate of drug-likeness (QED) is 0.867. The molecule has 0 radical (unpaired) electrons. The Hall–Kier alpha value is -1.23. The molecular weight excluding hydrogens is 310 g/mol. The van der Waals surface area contributed by atoms with Gasteiger partial charge in [0.1, 0.15) is 5.82 Å². The Labute approximate surface area is 123 Å². The molecule has 0 atom stereocenters. The average molecular weight is 317 g/mol. The predicted molar refractivity (Wildman–Crippen MR) is 73.9 cm³/mol. The summed E-state index contributed by atoms with van der Waals surface area (Å²) in [5.74, 6) is -1.77. The molecule has 0 saturated carbocycles. The first-order valence-corrected chi connectivity index (χ1v) is 6.71. The third-order valence-electron chi connectivity index (χ3n) is 2.31. The molecule has 0 saturated heterocycles. The van der Waals surface area contributed by atoms with Crippen molar-refractivity contribution < 1.29 is 14.3 Å². The third kappa shape index (κ3) is 3.21. The fourth-order valence-corrected chi connectivity index (χ4v) is 2.78. The molecule has 2 rings (SSSR count). The highest BCUT2D eigenvalue weighted by Crippen LogP contribution is 2.35. The smallest absolute Gasteiger partial charge is 0.336 e. The van der Waals surface area contributed by atoms with Gasteiger partial charge in [0.25, 0.3) is 0 Å². The van der Waals surface area contributed by atoms with Crippen LogP contribution in [0.2, 0.25) is 10.0 Å². The van der Waals surface area contributed by atoms with E-state index in [4.69, 9.17) is 28.3 Å². The normalized spacial score (nSPS) is 10.5. The topological polar surface area (TPSA) is 37.3 Å². The van der Waals surface area contributed by atoms with Crippen LogP contribution in [0.3, 0.4) is 0 Å². The van der Waals surface area contributed by atoms with Gasteiger partial charge in [0, 0.05) is 4.90 Å². The lowest BCUT2D eigenvalue weighted by Gasteiger charge is -2.07. The summed E-state index contributed by atoms with van der Waals surface area (Å²) in [5, 5.41) is 9.76. The van der Waals surface area contributed by atoms with E-state index in [-0.39, 0.29) is 10.5 Å². The Morgan fingerprint density at radius 1 is 1.16 bits per heavy atom. The van der Waals surface area contributed by atoms with Crippen LogP contribution in [0, 0.1) is 5.82 Å². The van der Waals surface area contributed by atoms with Crippen molar-refractivity contribution in [3.05, 3.63) is 57.8 Å². The van der Waals surface area contributed by atoms with E-state index in [1.54, 1.807) is 18.2 Å². The molecule has 0 bridgehead atoms. The zero-order valence-electron chi connectivity index (χ0n) is 9.36. The molecule has 2 aromatic rings. The first kappa shape index (κ1) is 14.2. The lowest BCUT2D eigenvalue weighted by molar-refractivity contribution is 0.0692. The molecule has 1 N–H and O–H groups in total. The van der Waals surface area contributed by atoms with Crippen LogP contribution in [0.15, 0.2) is 46.2 Å². The minimum atomic E-state index is -1.18. The van der Waals surface area contributed by atoms with Gasteiger partial charge in [0.15, 0.2) is 0 Å². The predicted octanol–water partition coefficient (Wildman–Crippen LogP) is 4.98. The number of halogens is 3. The molecule has 0 aromatic heterocycles. The fourth-order valence-electron chi connectivity index (χ4n) is 1.44. The van der Waals surface area contributed by atoms with E-state index >= 15 is 0 Å². The molecular formula is C13H7Cl2FO2S. The molecule has 0 spiro atoms. The monoisotopic (exact) mass is 316 g/mol. The fraction of sp³-hybridized carbons (Fsp3) is 0. The second-order valence-corrected chi connectivity index (χ2v) is 5.50. The van der Waals surface area contributed by atoms with Crippen LogP contribution in [-0.2, 0) is 0 Å². The highest BCUT2D eigenvalue weighted by Gasteiger charge is 2.15. The third-order valence-corrected chi connectivity index (χ3v) is 4.16. The van der Waals surface area contributed by atoms with Crippen LogP contribution in [0.4, 0.5) is 4.39 Å². The number of aromatic carboxylic acids is 1. The summed E-state index contributed by atoms with van der Waals surface area (Å²) in [6, 6.07) is 8.71. The molecule has 2 nitrogen and oxygen atoms in total. The van der Waals surface area contributed by atoms with Crippen LogP contribution < -0.4 is 0 Å². The van der Waals surface area contributed by atoms with Gasteiger partial charge in [0.2, 0.25) is 0 Å². The van der Waals surface area contributed by atoms with Gasteiger partial charge in [-0.2, -0.15) is 0 Å². The van der Waals surface area contributed by atoms with Crippen molar-refractivity contribution in [3.8, 4) is 0 Å². The van der Waals surface area contributed by atoms with Gasteiger partial charge in [0.05, 0.1) is 20.5 Å². The van der Waals surface area contributed by atoms with Crippen molar-refractivity contribution >= 4 is 40.9 Å². The van der Waals surface area contributed by atoms with E-state index in [9.17, 15) is 9.18 Å². The van der Waals surface area contributed by atoms with E-state index in [1.165, 1.54) is 18.2 Å². The molecule has 0 aliphatic heterocycles. The van der Waals surface area contributed by atoms with Gasteiger partial charge in [-0.1, -0.05) is 41.0 Å². The summed E-state index contributed by atoms with van der Waals surface area (Å²) in [6.07, 6.45) is 0. The van der Waals surface area contributed by atoms with Gasteiger partial charge >= 0.3 is 5.97 Å². The Morgan fingerprint density at radius 3 is 2.53 bits per heavy atom. The van der Waals surface area contributed by atoms with Crippen molar-refractivity contribution in [2.24, 2.45) is 0 Å². The average Bonchev–Trinajstić information content (AvgIpc) is 2.36. The molecule has 19 heavy (non-hydrogen) atoms. The second kappa shape index (κ2) is 5.82. The van der Waals surface area contributed by atoms with Crippen LogP contribution >= 0.6 is 35.0 Å². The van der Waals surface area contributed by atoms with Crippen LogP contribution in [-0.4, -0.2) is 11.1 Å². The Kier molecular flexibility index (Phi) is 4.34. The first-order chi connectivity index (χ1) is 8.99. The largest absolute Gasteiger partial charge is 0.478 e. The Bertz CT molecular complexity index is 647. The number of rotatable bonds is 3. The molecule has 0 aliphatic rings. The van der Waals surface area contributed by atoms with E-state index in [0.29, 0.717) is 14.9 Å². The van der Waals surface area contributed by atoms with Crippen molar-refractivity contribution in [3.63, 3.8) is 0 Å². The maximum Gasteiger partial charge on any atom is 0.336 e. The summed E-state index contributed by atoms with van der Waals surface area (Å²) in [6.45, 7) is 0. The lowest BCUT2D eigenvalue weighted by atomic mass is 10.2. The second-order valence-electron chi connectivity index (χ2n) is 3.60. The summed E-state index contributed by atoms with van der Waals surface area (Å²) in [7, 11) is 0. The molecule has 2 aromatic carbocycles. The summed E-state index contributed by atoms with van der Waals surface area (Å²) < 4.78 is 13.7. The highest BCUT2D eigenvalue weighted by atomic mass is 35.5. The van der Waals surface area contributed by atoms with Gasteiger partial charge in [-0.15, -0.1) is 0 Å². The number of carboxylic acids is 1. The van der Waals surface area contributed by atoms with E-state index in [2.05, 4.69) is 0 Å². The SMILES string of the molecule is O=C(O)c1cccc(F)c1Sc1ccc(Cl)c(Cl)c1. The van der Waals surface area contributed by atoms with E-state index in [1.807, 2.05) is 0 Å². The highest BCUT2D eigenvalue weighted by molar-refractivity contribution is 7.99. The van der Waals surface area contributed by atoms with Crippen LogP contribution in [0.5, 0.6) is 0 Å². The van der Waals surface area contributed by atoms with Gasteiger partial charge < -0.3 is 5.11 Å². The van der Waals surface area contributed by atoms with E-state index in [0.717, 1.165) is 11.8 Å². The van der Waals surface area contributed by atoms with Crippen molar-refractivity contribution in [2.45, 2.75) is 9.79 Å². The van der Waals surface area contributed by atoms with Gasteiger partial charge in [-0.3, -0.25) is 0 Å². The minimum absolute atomic E-state index is 0.0494. The van der Waals surface area contributed by atoms with Gasteiger partial charge in [-0.05, 0) is 30.3 Å². The summed E-state index contributed by atoms with van der Waals surface area (Å²) in [4.78, 5) is 11.7. The Morgan fingerprint density at radius 2 is 1.89 bits per heavy atom.